The van der Waals surface area contributed by atoms with Gasteiger partial charge >= 0.3 is 0 Å². The lowest BCUT2D eigenvalue weighted by Crippen LogP contribution is -2.09. The van der Waals surface area contributed by atoms with Crippen LogP contribution in [0.3, 0.4) is 0 Å². The first-order valence-electron chi connectivity index (χ1n) is 9.15. The molecule has 0 heterocycles. The summed E-state index contributed by atoms with van der Waals surface area (Å²) in [5.74, 6) is -0.156. The van der Waals surface area contributed by atoms with E-state index >= 15 is 0 Å². The van der Waals surface area contributed by atoms with Crippen LogP contribution < -0.4 is 14.8 Å². The molecule has 0 aliphatic rings. The Balaban J connectivity index is 3.18. The summed E-state index contributed by atoms with van der Waals surface area (Å²) in [5, 5.41) is 2.49. The van der Waals surface area contributed by atoms with Crippen molar-refractivity contribution < 1.29 is 17.9 Å². The van der Waals surface area contributed by atoms with Gasteiger partial charge in [0.1, 0.15) is 17.7 Å². The van der Waals surface area contributed by atoms with Gasteiger partial charge in [-0.1, -0.05) is 44.7 Å². The third-order valence-corrected chi connectivity index (χ3v) is 4.34. The highest BCUT2D eigenvalue weighted by Crippen LogP contribution is 2.35. The Morgan fingerprint density at radius 2 is 2.00 bits per heavy atom. The van der Waals surface area contributed by atoms with E-state index in [0.29, 0.717) is 5.69 Å². The minimum absolute atomic E-state index is 0.265. The first-order valence-corrected chi connectivity index (χ1v) is 10.0. The zero-order chi connectivity index (χ0) is 21.8. The number of alkyl halides is 2. The molecule has 1 rings (SSSR count). The lowest BCUT2D eigenvalue weighted by atomic mass is 10.1. The van der Waals surface area contributed by atoms with Crippen LogP contribution in [-0.2, 0) is 0 Å². The molecular formula is C21H28F3N3OS. The van der Waals surface area contributed by atoms with E-state index in [4.69, 9.17) is 4.74 Å². The molecule has 160 valence electrons. The second kappa shape index (κ2) is 13.0. The second-order valence-electron chi connectivity index (χ2n) is 6.28. The normalized spacial score (nSPS) is 13.5. The molecule has 8 heteroatoms. The molecule has 0 aliphatic carbocycles. The van der Waals surface area contributed by atoms with Crippen molar-refractivity contribution in [3.63, 3.8) is 0 Å². The monoisotopic (exact) mass is 427 g/mol. The minimum Gasteiger partial charge on any atom is -0.485 e. The molecule has 0 amide bonds. The van der Waals surface area contributed by atoms with Gasteiger partial charge in [0.05, 0.1) is 5.69 Å². The van der Waals surface area contributed by atoms with Gasteiger partial charge in [0.25, 0.3) is 6.43 Å². The van der Waals surface area contributed by atoms with E-state index in [1.54, 1.807) is 25.3 Å². The predicted octanol–water partition coefficient (Wildman–Crippen LogP) is 6.56. The molecule has 29 heavy (non-hydrogen) atoms. The van der Waals surface area contributed by atoms with Gasteiger partial charge in [-0.05, 0) is 43.0 Å². The Morgan fingerprint density at radius 1 is 1.28 bits per heavy atom. The summed E-state index contributed by atoms with van der Waals surface area (Å²) in [5.41, 5.74) is 2.05. The molecule has 0 spiro atoms. The molecule has 1 aromatic carbocycles. The van der Waals surface area contributed by atoms with Crippen LogP contribution in [0.5, 0.6) is 5.75 Å². The molecule has 0 aliphatic heterocycles. The van der Waals surface area contributed by atoms with Gasteiger partial charge in [-0.3, -0.25) is 0 Å². The van der Waals surface area contributed by atoms with Gasteiger partial charge in [0, 0.05) is 18.3 Å². The molecule has 1 atom stereocenters. The van der Waals surface area contributed by atoms with Gasteiger partial charge in [-0.2, -0.15) is 4.39 Å². The molecule has 0 aromatic heterocycles. The zero-order valence-corrected chi connectivity index (χ0v) is 17.9. The number of anilines is 2. The quantitative estimate of drug-likeness (QED) is 0.225. The fourth-order valence-corrected chi connectivity index (χ4v) is 2.94. The number of halogens is 3. The smallest absolute Gasteiger partial charge is 0.272 e. The molecule has 0 radical (unpaired) electrons. The van der Waals surface area contributed by atoms with Gasteiger partial charge in [0.15, 0.2) is 0 Å². The zero-order valence-electron chi connectivity index (χ0n) is 17.1. The van der Waals surface area contributed by atoms with Crippen LogP contribution in [-0.4, -0.2) is 31.4 Å². The summed E-state index contributed by atoms with van der Waals surface area (Å²) < 4.78 is 47.3. The van der Waals surface area contributed by atoms with Crippen LogP contribution in [0.15, 0.2) is 48.0 Å². The lowest BCUT2D eigenvalue weighted by molar-refractivity contribution is 0.0823. The summed E-state index contributed by atoms with van der Waals surface area (Å²) in [6.07, 6.45) is 5.78. The van der Waals surface area contributed by atoms with E-state index in [0.717, 1.165) is 29.3 Å². The molecule has 0 bridgehead atoms. The minimum atomic E-state index is -2.60. The average Bonchev–Trinajstić information content (AvgIpc) is 2.68. The largest absolute Gasteiger partial charge is 0.485 e. The molecule has 1 aromatic rings. The topological polar surface area (TPSA) is 45.7 Å². The number of allylic oxidation sites excluding steroid dienone is 3. The molecule has 0 saturated heterocycles. The van der Waals surface area contributed by atoms with Crippen molar-refractivity contribution in [2.45, 2.75) is 32.6 Å². The Kier molecular flexibility index (Phi) is 11.1. The fourth-order valence-electron chi connectivity index (χ4n) is 2.21. The number of nitrogens with one attached hydrogen (secondary N) is 2. The van der Waals surface area contributed by atoms with Crippen molar-refractivity contribution in [1.82, 2.24) is 0 Å². The molecular weight excluding hydrogens is 399 g/mol. The highest BCUT2D eigenvalue weighted by Gasteiger charge is 2.14. The van der Waals surface area contributed by atoms with Crippen LogP contribution >= 0.6 is 11.9 Å². The third-order valence-electron chi connectivity index (χ3n) is 3.50. The number of aliphatic imine (C=N–C) groups is 1. The summed E-state index contributed by atoms with van der Waals surface area (Å²) in [6, 6.07) is 3.42. The van der Waals surface area contributed by atoms with Crippen molar-refractivity contribution in [3.8, 4) is 5.75 Å². The summed E-state index contributed by atoms with van der Waals surface area (Å²) in [4.78, 5) is 3.93. The standard InChI is InChI=1S/C21H28F3N3OS/c1-6-8-15-11-18(28-13-19(22)23)17(12-16(15)25-5)27-29-21(10-9-14(3)4)26-20(24)7-2/h6-12,14,19,21,25,27H,2,13H2,1,3-5H3/b8-6+,10-9?,26-20?. The van der Waals surface area contributed by atoms with Gasteiger partial charge in [0.2, 0.25) is 5.97 Å². The van der Waals surface area contributed by atoms with E-state index < -0.39 is 24.4 Å². The number of hydrogen-bond acceptors (Lipinski definition) is 5. The van der Waals surface area contributed by atoms with E-state index in [1.165, 1.54) is 0 Å². The Bertz CT molecular complexity index is 749. The van der Waals surface area contributed by atoms with Crippen LogP contribution in [0.25, 0.3) is 6.08 Å². The maximum atomic E-state index is 13.6. The summed E-state index contributed by atoms with van der Waals surface area (Å²) in [6.45, 7) is 8.49. The van der Waals surface area contributed by atoms with Crippen LogP contribution in [0, 0.1) is 5.92 Å². The van der Waals surface area contributed by atoms with E-state index in [2.05, 4.69) is 21.6 Å². The van der Waals surface area contributed by atoms with Gasteiger partial charge in [-0.15, -0.1) is 0 Å². The van der Waals surface area contributed by atoms with Crippen LogP contribution in [0.4, 0.5) is 24.5 Å². The van der Waals surface area contributed by atoms with Gasteiger partial charge < -0.3 is 14.8 Å². The molecule has 4 nitrogen and oxygen atoms in total. The second-order valence-corrected chi connectivity index (χ2v) is 7.21. The number of benzene rings is 1. The highest BCUT2D eigenvalue weighted by molar-refractivity contribution is 8.01. The van der Waals surface area contributed by atoms with Crippen molar-refractivity contribution in [2.75, 3.05) is 23.7 Å². The summed E-state index contributed by atoms with van der Waals surface area (Å²) >= 11 is 1.12. The average molecular weight is 428 g/mol. The predicted molar refractivity (Wildman–Crippen MR) is 120 cm³/mol. The number of rotatable bonds is 12. The lowest BCUT2D eigenvalue weighted by Gasteiger charge is -2.18. The van der Waals surface area contributed by atoms with E-state index in [-0.39, 0.29) is 11.7 Å². The van der Waals surface area contributed by atoms with Crippen LogP contribution in [0.1, 0.15) is 26.3 Å². The summed E-state index contributed by atoms with van der Waals surface area (Å²) in [7, 11) is 1.76. The molecule has 1 unspecified atom stereocenters. The van der Waals surface area contributed by atoms with Crippen molar-refractivity contribution in [3.05, 3.63) is 48.6 Å². The van der Waals surface area contributed by atoms with Crippen molar-refractivity contribution in [2.24, 2.45) is 10.9 Å². The maximum Gasteiger partial charge on any atom is 0.272 e. The first-order chi connectivity index (χ1) is 13.8. The Morgan fingerprint density at radius 3 is 2.55 bits per heavy atom. The molecule has 0 fully saturated rings. The molecule has 0 saturated carbocycles. The first kappa shape index (κ1) is 24.7. The third kappa shape index (κ3) is 9.13. The fraction of sp³-hybridized carbons (Fsp3) is 0.381. The Labute approximate surface area is 175 Å². The Hall–Kier alpha value is -2.35. The van der Waals surface area contributed by atoms with Gasteiger partial charge in [-0.25, -0.2) is 13.8 Å². The van der Waals surface area contributed by atoms with Crippen molar-refractivity contribution >= 4 is 35.4 Å². The number of nitrogens with zero attached hydrogens (tertiary/aromatic N) is 1. The highest BCUT2D eigenvalue weighted by atomic mass is 32.2. The number of hydrogen-bond donors (Lipinski definition) is 2. The SMILES string of the molecule is C=CC(F)=NC(C=CC(C)C)SNc1cc(NC)c(/C=C/C)cc1OCC(F)F. The molecule has 2 N–H and O–H groups in total. The maximum absolute atomic E-state index is 13.6. The van der Waals surface area contributed by atoms with Crippen molar-refractivity contribution in [1.29, 1.82) is 0 Å². The number of ether oxygens (including phenoxy) is 1. The van der Waals surface area contributed by atoms with E-state index in [9.17, 15) is 13.2 Å². The van der Waals surface area contributed by atoms with E-state index in [1.807, 2.05) is 39.0 Å². The van der Waals surface area contributed by atoms with Crippen LogP contribution in [0.2, 0.25) is 0 Å².